The van der Waals surface area contributed by atoms with Crippen LogP contribution in [0.3, 0.4) is 0 Å². The number of fused-ring (bicyclic) bond motifs is 1. The summed E-state index contributed by atoms with van der Waals surface area (Å²) >= 11 is 0. The van der Waals surface area contributed by atoms with E-state index in [0.29, 0.717) is 17.2 Å². The lowest BCUT2D eigenvalue weighted by Gasteiger charge is -2.39. The highest BCUT2D eigenvalue weighted by Gasteiger charge is 2.28. The smallest absolute Gasteiger partial charge is 0.253 e. The molecular formula is C31H41N7O2. The Labute approximate surface area is 235 Å². The molecule has 1 fully saturated rings. The molecule has 0 aromatic carbocycles. The molecule has 5 rings (SSSR count). The summed E-state index contributed by atoms with van der Waals surface area (Å²) in [6, 6.07) is 6.69. The number of carbonyl (C=O) groups excluding carboxylic acids is 1. The number of aryl methyl sites for hydroxylation is 3. The van der Waals surface area contributed by atoms with E-state index >= 15 is 0 Å². The lowest BCUT2D eigenvalue weighted by atomic mass is 9.97. The SMILES string of the molecule is Cc1cc(C)c(CNC(=O)c2cc3cc(-c4nccn4C)cn3c(C(C)N3CCC(N(C)C)CC3)c2C)c(=O)[nH]1. The third kappa shape index (κ3) is 5.23. The molecule has 1 amide bonds. The van der Waals surface area contributed by atoms with E-state index in [0.717, 1.165) is 65.4 Å². The number of rotatable bonds is 7. The maximum atomic E-state index is 13.7. The van der Waals surface area contributed by atoms with Crippen LogP contribution in [0.1, 0.15) is 64.2 Å². The van der Waals surface area contributed by atoms with Crippen LogP contribution in [-0.4, -0.2) is 67.9 Å². The van der Waals surface area contributed by atoms with Crippen LogP contribution in [0, 0.1) is 20.8 Å². The average molecular weight is 544 g/mol. The standard InChI is InChI=1S/C31H41N7O2/c1-19-14-20(2)34-31(40)27(19)17-33-30(39)26-16-25-15-23(29-32-10-13-36(29)7)18-38(25)28(21(26)3)22(4)37-11-8-24(9-12-37)35(5)6/h10,13-16,18,22,24H,8-9,11-12,17H2,1-7H3,(H,33,39)(H,34,40). The van der Waals surface area contributed by atoms with Gasteiger partial charge in [-0.3, -0.25) is 14.5 Å². The molecule has 0 aliphatic carbocycles. The van der Waals surface area contributed by atoms with Crippen molar-refractivity contribution in [2.75, 3.05) is 27.2 Å². The van der Waals surface area contributed by atoms with Gasteiger partial charge in [-0.25, -0.2) is 4.98 Å². The molecule has 40 heavy (non-hydrogen) atoms. The number of imidazole rings is 1. The summed E-state index contributed by atoms with van der Waals surface area (Å²) in [5.41, 5.74) is 6.73. The molecule has 1 unspecified atom stereocenters. The van der Waals surface area contributed by atoms with Crippen molar-refractivity contribution < 1.29 is 4.79 Å². The van der Waals surface area contributed by atoms with Crippen molar-refractivity contribution in [3.05, 3.63) is 80.8 Å². The molecule has 4 aromatic rings. The normalized spacial score (nSPS) is 15.7. The average Bonchev–Trinajstić information content (AvgIpc) is 3.52. The number of H-pyrrole nitrogens is 1. The predicted octanol–water partition coefficient (Wildman–Crippen LogP) is 3.97. The van der Waals surface area contributed by atoms with Gasteiger partial charge in [-0.1, -0.05) is 0 Å². The van der Waals surface area contributed by atoms with E-state index in [9.17, 15) is 9.59 Å². The molecule has 1 atom stereocenters. The summed E-state index contributed by atoms with van der Waals surface area (Å²) in [6.45, 7) is 10.2. The lowest BCUT2D eigenvalue weighted by molar-refractivity contribution is 0.0948. The Balaban J connectivity index is 1.53. The number of amides is 1. The van der Waals surface area contributed by atoms with Gasteiger partial charge in [0, 0.05) is 91.0 Å². The Morgan fingerprint density at radius 1 is 1.18 bits per heavy atom. The number of carbonyl (C=O) groups is 1. The van der Waals surface area contributed by atoms with Crippen LogP contribution in [0.5, 0.6) is 0 Å². The number of pyridine rings is 2. The van der Waals surface area contributed by atoms with Gasteiger partial charge in [0.1, 0.15) is 5.82 Å². The second kappa shape index (κ2) is 11.1. The Morgan fingerprint density at radius 2 is 1.90 bits per heavy atom. The first-order valence-electron chi connectivity index (χ1n) is 14.1. The van der Waals surface area contributed by atoms with Crippen molar-refractivity contribution in [1.29, 1.82) is 0 Å². The van der Waals surface area contributed by atoms with Crippen molar-refractivity contribution in [3.8, 4) is 11.4 Å². The van der Waals surface area contributed by atoms with Crippen molar-refractivity contribution in [3.63, 3.8) is 0 Å². The van der Waals surface area contributed by atoms with Gasteiger partial charge in [-0.2, -0.15) is 0 Å². The summed E-state index contributed by atoms with van der Waals surface area (Å²) < 4.78 is 4.24. The fourth-order valence-corrected chi connectivity index (χ4v) is 6.22. The van der Waals surface area contributed by atoms with E-state index in [-0.39, 0.29) is 24.1 Å². The third-order valence-corrected chi connectivity index (χ3v) is 8.61. The van der Waals surface area contributed by atoms with Crippen molar-refractivity contribution in [1.82, 2.24) is 34.1 Å². The monoisotopic (exact) mass is 543 g/mol. The zero-order chi connectivity index (χ0) is 28.7. The van der Waals surface area contributed by atoms with Crippen LogP contribution in [0.15, 0.2) is 41.6 Å². The first-order chi connectivity index (χ1) is 19.0. The number of piperidine rings is 1. The molecule has 0 bridgehead atoms. The van der Waals surface area contributed by atoms with Gasteiger partial charge in [0.2, 0.25) is 0 Å². The van der Waals surface area contributed by atoms with E-state index in [1.165, 1.54) is 0 Å². The number of nitrogens with one attached hydrogen (secondary N) is 2. The fraction of sp³-hybridized carbons (Fsp3) is 0.452. The number of nitrogens with zero attached hydrogens (tertiary/aromatic N) is 5. The number of likely N-dealkylation sites (tertiary alicyclic amines) is 1. The maximum absolute atomic E-state index is 13.7. The zero-order valence-electron chi connectivity index (χ0n) is 24.7. The molecule has 2 N–H and O–H groups in total. The van der Waals surface area contributed by atoms with Crippen LogP contribution in [0.2, 0.25) is 0 Å². The van der Waals surface area contributed by atoms with Crippen LogP contribution < -0.4 is 10.9 Å². The predicted molar refractivity (Wildman–Crippen MR) is 159 cm³/mol. The fourth-order valence-electron chi connectivity index (χ4n) is 6.22. The minimum Gasteiger partial charge on any atom is -0.348 e. The quantitative estimate of drug-likeness (QED) is 0.368. The highest BCUT2D eigenvalue weighted by Crippen LogP contribution is 2.33. The van der Waals surface area contributed by atoms with E-state index in [1.54, 1.807) is 6.20 Å². The van der Waals surface area contributed by atoms with Crippen molar-refractivity contribution in [2.24, 2.45) is 7.05 Å². The molecule has 9 heteroatoms. The summed E-state index contributed by atoms with van der Waals surface area (Å²) in [5, 5.41) is 3.03. The van der Waals surface area contributed by atoms with E-state index in [1.807, 2.05) is 50.7 Å². The molecular weight excluding hydrogens is 502 g/mol. The Hall–Kier alpha value is -3.69. The highest BCUT2D eigenvalue weighted by atomic mass is 16.1. The largest absolute Gasteiger partial charge is 0.348 e. The number of aromatic nitrogens is 4. The Kier molecular flexibility index (Phi) is 7.70. The lowest BCUT2D eigenvalue weighted by Crippen LogP contribution is -2.43. The van der Waals surface area contributed by atoms with Gasteiger partial charge >= 0.3 is 0 Å². The van der Waals surface area contributed by atoms with E-state index in [4.69, 9.17) is 0 Å². The molecule has 1 saturated heterocycles. The molecule has 0 radical (unpaired) electrons. The first-order valence-corrected chi connectivity index (χ1v) is 14.1. The Morgan fingerprint density at radius 3 is 2.52 bits per heavy atom. The molecule has 1 aliphatic rings. The summed E-state index contributed by atoms with van der Waals surface area (Å²) in [4.78, 5) is 38.5. The van der Waals surface area contributed by atoms with Crippen molar-refractivity contribution >= 4 is 11.4 Å². The molecule has 4 aromatic heterocycles. The van der Waals surface area contributed by atoms with Crippen LogP contribution in [0.25, 0.3) is 16.9 Å². The second-order valence-electron chi connectivity index (χ2n) is 11.5. The summed E-state index contributed by atoms with van der Waals surface area (Å²) in [6.07, 6.45) is 8.12. The number of hydrogen-bond acceptors (Lipinski definition) is 5. The van der Waals surface area contributed by atoms with Gasteiger partial charge in [0.05, 0.1) is 0 Å². The zero-order valence-corrected chi connectivity index (χ0v) is 24.7. The van der Waals surface area contributed by atoms with Gasteiger partial charge in [0.25, 0.3) is 11.5 Å². The van der Waals surface area contributed by atoms with Gasteiger partial charge < -0.3 is 24.2 Å². The molecule has 5 heterocycles. The Bertz CT molecular complexity index is 1600. The molecule has 9 nitrogen and oxygen atoms in total. The van der Waals surface area contributed by atoms with E-state index in [2.05, 4.69) is 62.8 Å². The minimum absolute atomic E-state index is 0.113. The molecule has 0 saturated carbocycles. The summed E-state index contributed by atoms with van der Waals surface area (Å²) in [5.74, 6) is 0.700. The molecule has 212 valence electrons. The summed E-state index contributed by atoms with van der Waals surface area (Å²) in [7, 11) is 6.30. The van der Waals surface area contributed by atoms with Gasteiger partial charge in [0.15, 0.2) is 0 Å². The second-order valence-corrected chi connectivity index (χ2v) is 11.5. The van der Waals surface area contributed by atoms with Crippen LogP contribution in [-0.2, 0) is 13.6 Å². The van der Waals surface area contributed by atoms with Crippen molar-refractivity contribution in [2.45, 2.75) is 59.2 Å². The topological polar surface area (TPSA) is 90.7 Å². The third-order valence-electron chi connectivity index (χ3n) is 8.61. The van der Waals surface area contributed by atoms with Gasteiger partial charge in [-0.05, 0) is 84.0 Å². The minimum atomic E-state index is -0.182. The number of aromatic amines is 1. The molecule has 0 spiro atoms. The first kappa shape index (κ1) is 27.9. The van der Waals surface area contributed by atoms with Crippen LogP contribution in [0.4, 0.5) is 0 Å². The maximum Gasteiger partial charge on any atom is 0.253 e. The van der Waals surface area contributed by atoms with E-state index < -0.39 is 0 Å². The number of hydrogen-bond donors (Lipinski definition) is 2. The highest BCUT2D eigenvalue weighted by molar-refractivity contribution is 5.97. The van der Waals surface area contributed by atoms with Crippen LogP contribution >= 0.6 is 0 Å². The van der Waals surface area contributed by atoms with Gasteiger partial charge in [-0.15, -0.1) is 0 Å². The molecule has 1 aliphatic heterocycles.